The zero-order valence-electron chi connectivity index (χ0n) is 17.1. The van der Waals surface area contributed by atoms with Crippen LogP contribution in [0.4, 0.5) is 0 Å². The predicted octanol–water partition coefficient (Wildman–Crippen LogP) is 3.36. The molecule has 3 aliphatic rings. The SMILES string of the molecule is O=C(c1ccccc1)N1CC2CC(N3CCN(Cc4ccccc4)CC3)CC2C1. The lowest BCUT2D eigenvalue weighted by atomic mass is 10.0. The van der Waals surface area contributed by atoms with Crippen molar-refractivity contribution in [1.29, 1.82) is 0 Å². The van der Waals surface area contributed by atoms with Gasteiger partial charge in [0.05, 0.1) is 0 Å². The summed E-state index contributed by atoms with van der Waals surface area (Å²) in [4.78, 5) is 20.2. The van der Waals surface area contributed by atoms with Crippen molar-refractivity contribution < 1.29 is 4.79 Å². The van der Waals surface area contributed by atoms with Crippen LogP contribution in [0, 0.1) is 11.8 Å². The monoisotopic (exact) mass is 389 g/mol. The number of nitrogens with zero attached hydrogens (tertiary/aromatic N) is 3. The van der Waals surface area contributed by atoms with Gasteiger partial charge in [0.1, 0.15) is 0 Å². The lowest BCUT2D eigenvalue weighted by molar-refractivity contribution is 0.0740. The minimum absolute atomic E-state index is 0.214. The Kier molecular flexibility index (Phi) is 5.38. The van der Waals surface area contributed by atoms with Crippen molar-refractivity contribution in [3.05, 3.63) is 71.8 Å². The van der Waals surface area contributed by atoms with E-state index in [-0.39, 0.29) is 5.91 Å². The second kappa shape index (κ2) is 8.29. The fourth-order valence-electron chi connectivity index (χ4n) is 5.62. The van der Waals surface area contributed by atoms with Crippen molar-refractivity contribution >= 4 is 5.91 Å². The first-order valence-corrected chi connectivity index (χ1v) is 11.1. The minimum Gasteiger partial charge on any atom is -0.338 e. The molecule has 0 spiro atoms. The number of fused-ring (bicyclic) bond motifs is 1. The summed E-state index contributed by atoms with van der Waals surface area (Å²) in [5, 5.41) is 0. The average Bonchev–Trinajstić information content (AvgIpc) is 3.35. The molecule has 5 rings (SSSR count). The maximum atomic E-state index is 12.8. The van der Waals surface area contributed by atoms with Crippen LogP contribution in [-0.2, 0) is 6.54 Å². The van der Waals surface area contributed by atoms with Crippen molar-refractivity contribution in [3.63, 3.8) is 0 Å². The molecular formula is C25H31N3O. The van der Waals surface area contributed by atoms with E-state index in [0.29, 0.717) is 11.8 Å². The number of amides is 1. The highest BCUT2D eigenvalue weighted by atomic mass is 16.2. The summed E-state index contributed by atoms with van der Waals surface area (Å²) in [6.45, 7) is 7.67. The van der Waals surface area contributed by atoms with Crippen LogP contribution in [0.1, 0.15) is 28.8 Å². The van der Waals surface area contributed by atoms with E-state index in [1.165, 1.54) is 44.6 Å². The highest BCUT2D eigenvalue weighted by molar-refractivity contribution is 5.94. The lowest BCUT2D eigenvalue weighted by Crippen LogP contribution is -2.49. The largest absolute Gasteiger partial charge is 0.338 e. The second-order valence-electron chi connectivity index (χ2n) is 9.02. The second-order valence-corrected chi connectivity index (χ2v) is 9.02. The summed E-state index contributed by atoms with van der Waals surface area (Å²) in [6, 6.07) is 21.3. The maximum Gasteiger partial charge on any atom is 0.253 e. The highest BCUT2D eigenvalue weighted by Gasteiger charge is 2.44. The Bertz CT molecular complexity index is 802. The standard InChI is InChI=1S/C25H31N3O/c29-25(21-9-5-2-6-10-21)28-18-22-15-24(16-23(22)19-28)27-13-11-26(12-14-27)17-20-7-3-1-4-8-20/h1-10,22-24H,11-19H2. The van der Waals surface area contributed by atoms with E-state index in [4.69, 9.17) is 0 Å². The molecule has 4 heteroatoms. The number of hydrogen-bond donors (Lipinski definition) is 0. The number of piperazine rings is 1. The first kappa shape index (κ1) is 18.8. The van der Waals surface area contributed by atoms with Crippen LogP contribution in [0.3, 0.4) is 0 Å². The van der Waals surface area contributed by atoms with Crippen LogP contribution in [0.25, 0.3) is 0 Å². The molecule has 0 radical (unpaired) electrons. The molecule has 2 atom stereocenters. The molecule has 2 saturated heterocycles. The topological polar surface area (TPSA) is 26.8 Å². The molecule has 2 aromatic carbocycles. The normalized spacial score (nSPS) is 27.9. The van der Waals surface area contributed by atoms with Gasteiger partial charge < -0.3 is 4.90 Å². The van der Waals surface area contributed by atoms with Crippen LogP contribution in [-0.4, -0.2) is 65.9 Å². The van der Waals surface area contributed by atoms with Crippen LogP contribution in [0.2, 0.25) is 0 Å². The fourth-order valence-corrected chi connectivity index (χ4v) is 5.62. The van der Waals surface area contributed by atoms with Gasteiger partial charge >= 0.3 is 0 Å². The lowest BCUT2D eigenvalue weighted by Gasteiger charge is -2.38. The minimum atomic E-state index is 0.214. The van der Waals surface area contributed by atoms with Gasteiger partial charge in [-0.25, -0.2) is 0 Å². The van der Waals surface area contributed by atoms with E-state index in [9.17, 15) is 4.79 Å². The van der Waals surface area contributed by atoms with Gasteiger partial charge in [-0.15, -0.1) is 0 Å². The molecular weight excluding hydrogens is 358 g/mol. The van der Waals surface area contributed by atoms with E-state index < -0.39 is 0 Å². The van der Waals surface area contributed by atoms with Gasteiger partial charge in [0.15, 0.2) is 0 Å². The van der Waals surface area contributed by atoms with Crippen molar-refractivity contribution in [2.45, 2.75) is 25.4 Å². The molecule has 152 valence electrons. The zero-order valence-corrected chi connectivity index (χ0v) is 17.1. The summed E-state index contributed by atoms with van der Waals surface area (Å²) in [5.74, 6) is 1.59. The summed E-state index contributed by atoms with van der Waals surface area (Å²) in [5.41, 5.74) is 2.25. The van der Waals surface area contributed by atoms with Gasteiger partial charge in [-0.3, -0.25) is 14.6 Å². The number of benzene rings is 2. The van der Waals surface area contributed by atoms with Gasteiger partial charge in [0.25, 0.3) is 5.91 Å². The summed E-state index contributed by atoms with van der Waals surface area (Å²) >= 11 is 0. The van der Waals surface area contributed by atoms with Crippen LogP contribution in [0.5, 0.6) is 0 Å². The molecule has 1 saturated carbocycles. The number of carbonyl (C=O) groups excluding carboxylic acids is 1. The van der Waals surface area contributed by atoms with Crippen LogP contribution >= 0.6 is 0 Å². The quantitative estimate of drug-likeness (QED) is 0.802. The van der Waals surface area contributed by atoms with E-state index in [1.54, 1.807) is 0 Å². The molecule has 1 amide bonds. The molecule has 2 heterocycles. The number of carbonyl (C=O) groups is 1. The van der Waals surface area contributed by atoms with Gasteiger partial charge in [-0.2, -0.15) is 0 Å². The molecule has 1 aliphatic carbocycles. The molecule has 0 aromatic heterocycles. The molecule has 2 aliphatic heterocycles. The summed E-state index contributed by atoms with van der Waals surface area (Å²) in [6.07, 6.45) is 2.53. The number of rotatable bonds is 4. The molecule has 2 aromatic rings. The van der Waals surface area contributed by atoms with Crippen LogP contribution in [0.15, 0.2) is 60.7 Å². The molecule has 4 nitrogen and oxygen atoms in total. The number of hydrogen-bond acceptors (Lipinski definition) is 3. The van der Waals surface area contributed by atoms with Crippen molar-refractivity contribution in [2.75, 3.05) is 39.3 Å². The van der Waals surface area contributed by atoms with Gasteiger partial charge in [-0.1, -0.05) is 48.5 Å². The number of likely N-dealkylation sites (tertiary alicyclic amines) is 1. The summed E-state index contributed by atoms with van der Waals surface area (Å²) < 4.78 is 0. The molecule has 0 N–H and O–H groups in total. The van der Waals surface area contributed by atoms with E-state index in [1.807, 2.05) is 30.3 Å². The highest BCUT2D eigenvalue weighted by Crippen LogP contribution is 2.40. The average molecular weight is 390 g/mol. The fraction of sp³-hybridized carbons (Fsp3) is 0.480. The van der Waals surface area contributed by atoms with E-state index >= 15 is 0 Å². The maximum absolute atomic E-state index is 12.8. The zero-order chi connectivity index (χ0) is 19.6. The Morgan fingerprint density at radius 2 is 1.38 bits per heavy atom. The molecule has 29 heavy (non-hydrogen) atoms. The third-order valence-corrected chi connectivity index (χ3v) is 7.21. The van der Waals surface area contributed by atoms with Crippen molar-refractivity contribution in [2.24, 2.45) is 11.8 Å². The first-order valence-electron chi connectivity index (χ1n) is 11.1. The first-order chi connectivity index (χ1) is 14.3. The van der Waals surface area contributed by atoms with Gasteiger partial charge in [0, 0.05) is 57.4 Å². The Hall–Kier alpha value is -2.17. The van der Waals surface area contributed by atoms with E-state index in [0.717, 1.165) is 31.2 Å². The third kappa shape index (κ3) is 4.10. The molecule has 0 bridgehead atoms. The Morgan fingerprint density at radius 1 is 0.793 bits per heavy atom. The summed E-state index contributed by atoms with van der Waals surface area (Å²) in [7, 11) is 0. The Morgan fingerprint density at radius 3 is 2.00 bits per heavy atom. The third-order valence-electron chi connectivity index (χ3n) is 7.21. The predicted molar refractivity (Wildman–Crippen MR) is 116 cm³/mol. The van der Waals surface area contributed by atoms with Crippen molar-refractivity contribution in [1.82, 2.24) is 14.7 Å². The smallest absolute Gasteiger partial charge is 0.253 e. The Labute approximate surface area is 174 Å². The Balaban J connectivity index is 1.11. The van der Waals surface area contributed by atoms with Crippen LogP contribution < -0.4 is 0 Å². The van der Waals surface area contributed by atoms with Gasteiger partial charge in [-0.05, 0) is 42.4 Å². The van der Waals surface area contributed by atoms with E-state index in [2.05, 4.69) is 45.0 Å². The van der Waals surface area contributed by atoms with Crippen molar-refractivity contribution in [3.8, 4) is 0 Å². The molecule has 3 fully saturated rings. The van der Waals surface area contributed by atoms with Gasteiger partial charge in [0.2, 0.25) is 0 Å². The molecule has 2 unspecified atom stereocenters.